The quantitative estimate of drug-likeness (QED) is 0.722. The molecular formula is C19H21N5O2. The maximum Gasteiger partial charge on any atom is 0.232 e. The summed E-state index contributed by atoms with van der Waals surface area (Å²) in [5.74, 6) is 1.44. The van der Waals surface area contributed by atoms with Gasteiger partial charge in [0.1, 0.15) is 23.5 Å². The summed E-state index contributed by atoms with van der Waals surface area (Å²) < 4.78 is 7.54. The zero-order chi connectivity index (χ0) is 18.1. The van der Waals surface area contributed by atoms with Crippen LogP contribution in [0.5, 0.6) is 5.75 Å². The second-order valence-electron chi connectivity index (χ2n) is 8.02. The number of anilines is 1. The first-order valence-corrected chi connectivity index (χ1v) is 8.96. The lowest BCUT2D eigenvalue weighted by atomic mass is 9.97. The molecule has 0 saturated carbocycles. The first-order valence-electron chi connectivity index (χ1n) is 8.96. The van der Waals surface area contributed by atoms with Crippen LogP contribution < -0.4 is 4.90 Å². The van der Waals surface area contributed by atoms with Gasteiger partial charge in [0.15, 0.2) is 0 Å². The van der Waals surface area contributed by atoms with E-state index >= 15 is 0 Å². The van der Waals surface area contributed by atoms with Gasteiger partial charge in [-0.05, 0) is 25.0 Å². The summed E-state index contributed by atoms with van der Waals surface area (Å²) in [6.45, 7) is 7.05. The van der Waals surface area contributed by atoms with Crippen molar-refractivity contribution in [2.45, 2.75) is 45.1 Å². The summed E-state index contributed by atoms with van der Waals surface area (Å²) >= 11 is 0. The molecule has 0 aliphatic carbocycles. The number of hydrogen-bond acceptors (Lipinski definition) is 6. The van der Waals surface area contributed by atoms with Crippen molar-refractivity contribution in [2.75, 3.05) is 11.4 Å². The number of fused-ring (bicyclic) bond motifs is 6. The fourth-order valence-electron chi connectivity index (χ4n) is 3.99. The highest BCUT2D eigenvalue weighted by atomic mass is 16.5. The molecule has 0 bridgehead atoms. The first-order chi connectivity index (χ1) is 12.4. The van der Waals surface area contributed by atoms with E-state index in [1.807, 2.05) is 32.9 Å². The van der Waals surface area contributed by atoms with Gasteiger partial charge in [-0.1, -0.05) is 32.0 Å². The molecule has 5 rings (SSSR count). The van der Waals surface area contributed by atoms with Crippen molar-refractivity contribution in [1.82, 2.24) is 19.7 Å². The van der Waals surface area contributed by atoms with E-state index in [2.05, 4.69) is 24.6 Å². The van der Waals surface area contributed by atoms with Gasteiger partial charge >= 0.3 is 0 Å². The number of aromatic hydroxyl groups is 1. The molecule has 1 atom stereocenters. The number of para-hydroxylation sites is 1. The van der Waals surface area contributed by atoms with Crippen LogP contribution in [0, 0.1) is 0 Å². The third-order valence-electron chi connectivity index (χ3n) is 5.19. The van der Waals surface area contributed by atoms with Crippen molar-refractivity contribution >= 4 is 5.69 Å². The van der Waals surface area contributed by atoms with E-state index in [9.17, 15) is 5.11 Å². The Hall–Kier alpha value is -2.83. The van der Waals surface area contributed by atoms with Gasteiger partial charge in [0, 0.05) is 12.0 Å². The van der Waals surface area contributed by atoms with Crippen molar-refractivity contribution < 1.29 is 9.63 Å². The fraction of sp³-hybridized carbons (Fsp3) is 0.421. The van der Waals surface area contributed by atoms with E-state index in [1.54, 1.807) is 12.4 Å². The van der Waals surface area contributed by atoms with Gasteiger partial charge in [0.2, 0.25) is 11.7 Å². The zero-order valence-electron chi connectivity index (χ0n) is 15.1. The number of imidazole rings is 1. The molecule has 2 aliphatic heterocycles. The molecule has 7 nitrogen and oxygen atoms in total. The normalized spacial score (nSPS) is 18.6. The molecule has 26 heavy (non-hydrogen) atoms. The summed E-state index contributed by atoms with van der Waals surface area (Å²) in [6, 6.07) is 5.77. The number of rotatable bonds is 1. The van der Waals surface area contributed by atoms with E-state index in [-0.39, 0.29) is 11.5 Å². The fourth-order valence-corrected chi connectivity index (χ4v) is 3.99. The number of phenolic OH excluding ortho intramolecular Hbond substituents is 1. The largest absolute Gasteiger partial charge is 0.506 e. The Labute approximate surface area is 151 Å². The Balaban J connectivity index is 1.71. The molecule has 1 aromatic carbocycles. The number of phenols is 1. The Bertz CT molecular complexity index is 998. The molecule has 0 radical (unpaired) electrons. The Morgan fingerprint density at radius 3 is 2.88 bits per heavy atom. The average molecular weight is 351 g/mol. The van der Waals surface area contributed by atoms with Crippen LogP contribution in [0.2, 0.25) is 0 Å². The topological polar surface area (TPSA) is 80.2 Å². The standard InChI is InChI=1S/C19H21N5O2/c1-19(2,3)18-21-17(22-26-18)14-16-12-7-5-9-23(12)15-11(24(16)10-20-14)6-4-8-13(15)25/h4,6,8,10,12,25H,5,7,9H2,1-3H3/t12-/m0/s1. The lowest BCUT2D eigenvalue weighted by Gasteiger charge is -2.35. The van der Waals surface area contributed by atoms with Crippen molar-refractivity contribution in [1.29, 1.82) is 0 Å². The number of aromatic nitrogens is 4. The molecule has 0 amide bonds. The molecule has 2 aliphatic rings. The van der Waals surface area contributed by atoms with Crippen molar-refractivity contribution in [3.8, 4) is 23.0 Å². The van der Waals surface area contributed by atoms with Crippen LogP contribution in [0.4, 0.5) is 5.69 Å². The summed E-state index contributed by atoms with van der Waals surface area (Å²) in [4.78, 5) is 11.5. The zero-order valence-corrected chi connectivity index (χ0v) is 15.1. The summed E-state index contributed by atoms with van der Waals surface area (Å²) in [6.07, 6.45) is 3.88. The van der Waals surface area contributed by atoms with Gasteiger partial charge in [-0.15, -0.1) is 0 Å². The van der Waals surface area contributed by atoms with E-state index < -0.39 is 0 Å². The number of benzene rings is 1. The molecule has 1 saturated heterocycles. The molecule has 1 N–H and O–H groups in total. The maximum atomic E-state index is 10.4. The Morgan fingerprint density at radius 2 is 2.12 bits per heavy atom. The minimum Gasteiger partial charge on any atom is -0.506 e. The lowest BCUT2D eigenvalue weighted by molar-refractivity contribution is 0.321. The van der Waals surface area contributed by atoms with E-state index in [0.717, 1.165) is 42.1 Å². The highest BCUT2D eigenvalue weighted by Gasteiger charge is 2.39. The Kier molecular flexibility index (Phi) is 3.02. The van der Waals surface area contributed by atoms with Crippen LogP contribution in [-0.2, 0) is 5.41 Å². The van der Waals surface area contributed by atoms with Crippen LogP contribution in [0.1, 0.15) is 51.2 Å². The van der Waals surface area contributed by atoms with Gasteiger partial charge in [-0.2, -0.15) is 4.98 Å². The van der Waals surface area contributed by atoms with Gasteiger partial charge < -0.3 is 14.5 Å². The van der Waals surface area contributed by atoms with Gasteiger partial charge in [0.25, 0.3) is 0 Å². The first kappa shape index (κ1) is 15.4. The van der Waals surface area contributed by atoms with Crippen LogP contribution in [0.3, 0.4) is 0 Å². The minimum atomic E-state index is -0.206. The smallest absolute Gasteiger partial charge is 0.232 e. The van der Waals surface area contributed by atoms with Crippen molar-refractivity contribution in [3.63, 3.8) is 0 Å². The van der Waals surface area contributed by atoms with Gasteiger partial charge in [-0.25, -0.2) is 4.98 Å². The summed E-state index contributed by atoms with van der Waals surface area (Å²) in [5.41, 5.74) is 3.45. The monoisotopic (exact) mass is 351 g/mol. The second-order valence-corrected chi connectivity index (χ2v) is 8.02. The predicted molar refractivity (Wildman–Crippen MR) is 96.5 cm³/mol. The second kappa shape index (κ2) is 5.09. The Morgan fingerprint density at radius 1 is 1.27 bits per heavy atom. The average Bonchev–Trinajstić information content (AvgIpc) is 3.31. The third-order valence-corrected chi connectivity index (χ3v) is 5.19. The summed E-state index contributed by atoms with van der Waals surface area (Å²) in [7, 11) is 0. The highest BCUT2D eigenvalue weighted by molar-refractivity contribution is 5.76. The van der Waals surface area contributed by atoms with E-state index in [1.165, 1.54) is 0 Å². The lowest BCUT2D eigenvalue weighted by Crippen LogP contribution is -2.30. The van der Waals surface area contributed by atoms with Crippen LogP contribution in [-0.4, -0.2) is 31.3 Å². The molecule has 2 aromatic heterocycles. The van der Waals surface area contributed by atoms with Gasteiger partial charge in [-0.3, -0.25) is 4.57 Å². The molecule has 0 spiro atoms. The van der Waals surface area contributed by atoms with Crippen molar-refractivity contribution in [3.05, 3.63) is 36.1 Å². The molecule has 4 heterocycles. The minimum absolute atomic E-state index is 0.157. The number of nitrogens with zero attached hydrogens (tertiary/aromatic N) is 5. The summed E-state index contributed by atoms with van der Waals surface area (Å²) in [5, 5.41) is 14.6. The van der Waals surface area contributed by atoms with Crippen LogP contribution >= 0.6 is 0 Å². The molecule has 7 heteroatoms. The molecule has 134 valence electrons. The molecular weight excluding hydrogens is 330 g/mol. The van der Waals surface area contributed by atoms with Crippen LogP contribution in [0.15, 0.2) is 29.0 Å². The third kappa shape index (κ3) is 2.03. The van der Waals surface area contributed by atoms with E-state index in [4.69, 9.17) is 4.52 Å². The van der Waals surface area contributed by atoms with E-state index in [0.29, 0.717) is 17.5 Å². The highest BCUT2D eigenvalue weighted by Crippen LogP contribution is 2.49. The molecule has 1 fully saturated rings. The van der Waals surface area contributed by atoms with Gasteiger partial charge in [0.05, 0.1) is 17.4 Å². The molecule has 0 unspecified atom stereocenters. The maximum absolute atomic E-state index is 10.4. The molecule has 3 aromatic rings. The predicted octanol–water partition coefficient (Wildman–Crippen LogP) is 3.58. The number of hydrogen-bond donors (Lipinski definition) is 1. The van der Waals surface area contributed by atoms with Crippen LogP contribution in [0.25, 0.3) is 17.2 Å². The van der Waals surface area contributed by atoms with Crippen molar-refractivity contribution in [2.24, 2.45) is 0 Å². The SMILES string of the molecule is CC(C)(C)c1nc(-c2ncn3c2[C@@H]2CCCN2c2c(O)cccc2-3)no1.